The number of thioether (sulfide) groups is 1. The molecule has 0 unspecified atom stereocenters. The van der Waals surface area contributed by atoms with Crippen molar-refractivity contribution >= 4 is 51.7 Å². The fraction of sp³-hybridized carbons (Fsp3) is 0.211. The second-order valence-electron chi connectivity index (χ2n) is 6.13. The molecule has 1 atom stereocenters. The van der Waals surface area contributed by atoms with Gasteiger partial charge in [0.05, 0.1) is 10.7 Å². The molecular formula is C19H17ClFN3O2S. The van der Waals surface area contributed by atoms with Gasteiger partial charge in [-0.3, -0.25) is 9.59 Å². The summed E-state index contributed by atoms with van der Waals surface area (Å²) in [5.41, 5.74) is 3.20. The zero-order chi connectivity index (χ0) is 19.6. The molecule has 5 nitrogen and oxygen atoms in total. The van der Waals surface area contributed by atoms with Gasteiger partial charge in [-0.15, -0.1) is 0 Å². The maximum Gasteiger partial charge on any atom is 0.240 e. The molecule has 140 valence electrons. The molecule has 1 heterocycles. The van der Waals surface area contributed by atoms with Gasteiger partial charge in [0.15, 0.2) is 5.17 Å². The third-order valence-electron chi connectivity index (χ3n) is 4.00. The first kappa shape index (κ1) is 19.4. The molecule has 0 radical (unpaired) electrons. The zero-order valence-corrected chi connectivity index (χ0v) is 16.2. The van der Waals surface area contributed by atoms with E-state index in [-0.39, 0.29) is 23.3 Å². The number of aryl methyl sites for hydroxylation is 2. The Morgan fingerprint density at radius 3 is 2.67 bits per heavy atom. The van der Waals surface area contributed by atoms with Crippen LogP contribution in [0.3, 0.4) is 0 Å². The van der Waals surface area contributed by atoms with Crippen molar-refractivity contribution in [3.63, 3.8) is 0 Å². The third kappa shape index (κ3) is 4.67. The van der Waals surface area contributed by atoms with Crippen LogP contribution in [0.25, 0.3) is 0 Å². The van der Waals surface area contributed by atoms with Crippen molar-refractivity contribution in [1.82, 2.24) is 5.32 Å². The predicted octanol–water partition coefficient (Wildman–Crippen LogP) is 4.34. The van der Waals surface area contributed by atoms with Gasteiger partial charge in [-0.25, -0.2) is 9.38 Å². The minimum Gasteiger partial charge on any atom is -0.326 e. The summed E-state index contributed by atoms with van der Waals surface area (Å²) in [5.74, 6) is -1.19. The van der Waals surface area contributed by atoms with Crippen LogP contribution < -0.4 is 10.6 Å². The SMILES string of the molecule is Cc1cccc(C)c1N=C1NC(=O)[C@H](CC(=O)Nc2ccc(F)c(Cl)c2)S1. The summed E-state index contributed by atoms with van der Waals surface area (Å²) in [4.78, 5) is 28.9. The lowest BCUT2D eigenvalue weighted by atomic mass is 10.1. The number of rotatable bonds is 4. The van der Waals surface area contributed by atoms with Crippen LogP contribution in [-0.4, -0.2) is 22.2 Å². The van der Waals surface area contributed by atoms with Crippen molar-refractivity contribution in [1.29, 1.82) is 0 Å². The lowest BCUT2D eigenvalue weighted by Crippen LogP contribution is -2.28. The third-order valence-corrected chi connectivity index (χ3v) is 5.37. The lowest BCUT2D eigenvalue weighted by Gasteiger charge is -2.08. The highest BCUT2D eigenvalue weighted by Crippen LogP contribution is 2.29. The first-order valence-electron chi connectivity index (χ1n) is 8.21. The van der Waals surface area contributed by atoms with E-state index >= 15 is 0 Å². The van der Waals surface area contributed by atoms with Crippen molar-refractivity contribution in [2.45, 2.75) is 25.5 Å². The fourth-order valence-corrected chi connectivity index (χ4v) is 3.78. The number of benzene rings is 2. The first-order valence-corrected chi connectivity index (χ1v) is 9.46. The summed E-state index contributed by atoms with van der Waals surface area (Å²) >= 11 is 6.92. The quantitative estimate of drug-likeness (QED) is 0.794. The predicted molar refractivity (Wildman–Crippen MR) is 107 cm³/mol. The number of hydrogen-bond donors (Lipinski definition) is 2. The maximum absolute atomic E-state index is 13.2. The molecule has 1 aliphatic heterocycles. The van der Waals surface area contributed by atoms with E-state index < -0.39 is 11.1 Å². The monoisotopic (exact) mass is 405 g/mol. The number of aliphatic imine (C=N–C) groups is 1. The summed E-state index contributed by atoms with van der Waals surface area (Å²) < 4.78 is 13.2. The zero-order valence-electron chi connectivity index (χ0n) is 14.7. The highest BCUT2D eigenvalue weighted by molar-refractivity contribution is 8.15. The maximum atomic E-state index is 13.2. The molecule has 2 aromatic carbocycles. The number of nitrogens with one attached hydrogen (secondary N) is 2. The Labute approximate surface area is 165 Å². The second-order valence-corrected chi connectivity index (χ2v) is 7.73. The van der Waals surface area contributed by atoms with Gasteiger partial charge in [0.2, 0.25) is 11.8 Å². The molecule has 0 spiro atoms. The highest BCUT2D eigenvalue weighted by Gasteiger charge is 2.32. The number of carbonyl (C=O) groups excluding carboxylic acids is 2. The largest absolute Gasteiger partial charge is 0.326 e. The Kier molecular flexibility index (Phi) is 5.82. The van der Waals surface area contributed by atoms with Crippen molar-refractivity contribution in [3.8, 4) is 0 Å². The van der Waals surface area contributed by atoms with E-state index in [1.54, 1.807) is 0 Å². The van der Waals surface area contributed by atoms with Gasteiger partial charge in [-0.05, 0) is 43.2 Å². The van der Waals surface area contributed by atoms with E-state index in [1.165, 1.54) is 30.0 Å². The molecule has 0 bridgehead atoms. The minimum absolute atomic E-state index is 0.0305. The highest BCUT2D eigenvalue weighted by atomic mass is 35.5. The van der Waals surface area contributed by atoms with Crippen LogP contribution in [0.2, 0.25) is 5.02 Å². The van der Waals surface area contributed by atoms with Crippen LogP contribution in [0.1, 0.15) is 17.5 Å². The Bertz CT molecular complexity index is 928. The lowest BCUT2D eigenvalue weighted by molar-refractivity contribution is -0.122. The number of halogens is 2. The molecule has 1 saturated heterocycles. The fourth-order valence-electron chi connectivity index (χ4n) is 2.63. The van der Waals surface area contributed by atoms with Gasteiger partial charge in [0, 0.05) is 12.1 Å². The summed E-state index contributed by atoms with van der Waals surface area (Å²) in [6, 6.07) is 9.76. The van der Waals surface area contributed by atoms with Crippen LogP contribution in [0, 0.1) is 19.7 Å². The first-order chi connectivity index (χ1) is 12.8. The number of anilines is 1. The van der Waals surface area contributed by atoms with Crippen LogP contribution in [0.5, 0.6) is 0 Å². The van der Waals surface area contributed by atoms with E-state index in [2.05, 4.69) is 15.6 Å². The second kappa shape index (κ2) is 8.10. The van der Waals surface area contributed by atoms with E-state index in [4.69, 9.17) is 11.6 Å². The van der Waals surface area contributed by atoms with E-state index in [1.807, 2.05) is 32.0 Å². The van der Waals surface area contributed by atoms with Gasteiger partial charge in [0.25, 0.3) is 0 Å². The van der Waals surface area contributed by atoms with Crippen LogP contribution in [0.4, 0.5) is 15.8 Å². The molecule has 2 amide bonds. The van der Waals surface area contributed by atoms with Crippen molar-refractivity contribution < 1.29 is 14.0 Å². The number of amides is 2. The summed E-state index contributed by atoms with van der Waals surface area (Å²) in [6.45, 7) is 3.90. The molecule has 0 saturated carbocycles. The Morgan fingerprint density at radius 2 is 2.00 bits per heavy atom. The Morgan fingerprint density at radius 1 is 1.30 bits per heavy atom. The van der Waals surface area contributed by atoms with Crippen LogP contribution >= 0.6 is 23.4 Å². The van der Waals surface area contributed by atoms with Gasteiger partial charge >= 0.3 is 0 Å². The van der Waals surface area contributed by atoms with Crippen molar-refractivity contribution in [2.24, 2.45) is 4.99 Å². The number of carbonyl (C=O) groups is 2. The van der Waals surface area contributed by atoms with Crippen LogP contribution in [-0.2, 0) is 9.59 Å². The molecule has 2 N–H and O–H groups in total. The van der Waals surface area contributed by atoms with E-state index in [0.29, 0.717) is 10.9 Å². The minimum atomic E-state index is -0.580. The smallest absolute Gasteiger partial charge is 0.240 e. The van der Waals surface area contributed by atoms with Gasteiger partial charge < -0.3 is 10.6 Å². The number of para-hydroxylation sites is 1. The molecule has 27 heavy (non-hydrogen) atoms. The molecule has 0 aromatic heterocycles. The molecule has 8 heteroatoms. The van der Waals surface area contributed by atoms with E-state index in [0.717, 1.165) is 16.8 Å². The van der Waals surface area contributed by atoms with Gasteiger partial charge in [-0.2, -0.15) is 0 Å². The molecule has 2 aromatic rings. The summed E-state index contributed by atoms with van der Waals surface area (Å²) in [7, 11) is 0. The Balaban J connectivity index is 1.66. The summed E-state index contributed by atoms with van der Waals surface area (Å²) in [5, 5.41) is 5.15. The average molecular weight is 406 g/mol. The number of nitrogens with zero attached hydrogens (tertiary/aromatic N) is 1. The van der Waals surface area contributed by atoms with Gasteiger partial charge in [-0.1, -0.05) is 41.6 Å². The molecule has 1 aliphatic rings. The van der Waals surface area contributed by atoms with Gasteiger partial charge in [0.1, 0.15) is 11.1 Å². The topological polar surface area (TPSA) is 70.6 Å². The molecule has 0 aliphatic carbocycles. The molecule has 1 fully saturated rings. The van der Waals surface area contributed by atoms with Crippen LogP contribution in [0.15, 0.2) is 41.4 Å². The standard InChI is InChI=1S/C19H17ClFN3O2S/c1-10-4-3-5-11(2)17(10)23-19-24-18(26)15(27-19)9-16(25)22-12-6-7-14(21)13(20)8-12/h3-8,15H,9H2,1-2H3,(H,22,25)(H,23,24,26)/t15-/m0/s1. The van der Waals surface area contributed by atoms with E-state index in [9.17, 15) is 14.0 Å². The Hall–Kier alpha value is -2.38. The van der Waals surface area contributed by atoms with Crippen molar-refractivity contribution in [3.05, 3.63) is 58.4 Å². The number of amidine groups is 1. The average Bonchev–Trinajstić information content (AvgIpc) is 2.94. The molecular weight excluding hydrogens is 389 g/mol. The van der Waals surface area contributed by atoms with Crippen molar-refractivity contribution in [2.75, 3.05) is 5.32 Å². The number of hydrogen-bond acceptors (Lipinski definition) is 4. The summed E-state index contributed by atoms with van der Waals surface area (Å²) in [6.07, 6.45) is -0.0305. The normalized spacial score (nSPS) is 17.9. The molecule has 3 rings (SSSR count).